The summed E-state index contributed by atoms with van der Waals surface area (Å²) in [5.74, 6) is -1.31. The molecule has 1 N–H and O–H groups in total. The van der Waals surface area contributed by atoms with Gasteiger partial charge in [-0.3, -0.25) is 9.59 Å². The molecule has 2 aliphatic rings. The maximum atomic E-state index is 13.4. The minimum Gasteiger partial charge on any atom is -0.369 e. The number of imide groups is 1. The van der Waals surface area contributed by atoms with Crippen LogP contribution in [0.4, 0.5) is 21.5 Å². The van der Waals surface area contributed by atoms with Crippen molar-refractivity contribution in [2.45, 2.75) is 0 Å². The van der Waals surface area contributed by atoms with Crippen LogP contribution in [-0.2, 0) is 9.59 Å². The number of carbonyl (C=O) groups excluding carboxylic acids is 2. The molecule has 0 unspecified atom stereocenters. The number of likely N-dealkylation sites (N-methyl/N-ethyl adjacent to an activating group) is 1. The maximum Gasteiger partial charge on any atom is 0.282 e. The SMILES string of the molecule is CN1CCN(c2ccc(NC3=C(c4cccs4)C(=O)N(c4ccc(F)cc4)C3=O)cc2)CC1. The average molecular weight is 463 g/mol. The van der Waals surface area contributed by atoms with Crippen LogP contribution in [0.3, 0.4) is 0 Å². The Morgan fingerprint density at radius 3 is 2.15 bits per heavy atom. The van der Waals surface area contributed by atoms with E-state index in [0.717, 1.165) is 42.5 Å². The summed E-state index contributed by atoms with van der Waals surface area (Å²) in [7, 11) is 2.12. The highest BCUT2D eigenvalue weighted by Gasteiger charge is 2.40. The van der Waals surface area contributed by atoms with E-state index in [1.807, 2.05) is 41.8 Å². The van der Waals surface area contributed by atoms with E-state index in [1.165, 1.54) is 35.6 Å². The van der Waals surface area contributed by atoms with Gasteiger partial charge in [-0.2, -0.15) is 0 Å². The van der Waals surface area contributed by atoms with E-state index in [2.05, 4.69) is 22.2 Å². The minimum atomic E-state index is -0.460. The molecule has 6 nitrogen and oxygen atoms in total. The molecule has 1 saturated heterocycles. The van der Waals surface area contributed by atoms with Crippen molar-refractivity contribution >= 4 is 45.8 Å². The van der Waals surface area contributed by atoms with Gasteiger partial charge in [0.2, 0.25) is 0 Å². The third kappa shape index (κ3) is 4.15. The number of carbonyl (C=O) groups is 2. The molecule has 3 heterocycles. The maximum absolute atomic E-state index is 13.4. The number of hydrogen-bond acceptors (Lipinski definition) is 6. The highest BCUT2D eigenvalue weighted by Crippen LogP contribution is 2.35. The molecule has 8 heteroatoms. The molecule has 0 spiro atoms. The van der Waals surface area contributed by atoms with E-state index >= 15 is 0 Å². The lowest BCUT2D eigenvalue weighted by atomic mass is 10.1. The fourth-order valence-electron chi connectivity index (χ4n) is 4.08. The monoisotopic (exact) mass is 462 g/mol. The molecular weight excluding hydrogens is 439 g/mol. The fourth-order valence-corrected chi connectivity index (χ4v) is 4.85. The first kappa shape index (κ1) is 21.4. The molecule has 1 fully saturated rings. The highest BCUT2D eigenvalue weighted by molar-refractivity contribution is 7.11. The number of halogens is 1. The van der Waals surface area contributed by atoms with Crippen LogP contribution in [0.15, 0.2) is 71.7 Å². The van der Waals surface area contributed by atoms with E-state index in [-0.39, 0.29) is 5.70 Å². The second-order valence-electron chi connectivity index (χ2n) is 8.11. The van der Waals surface area contributed by atoms with Crippen LogP contribution in [0.5, 0.6) is 0 Å². The first-order valence-electron chi connectivity index (χ1n) is 10.7. The second-order valence-corrected chi connectivity index (χ2v) is 9.06. The van der Waals surface area contributed by atoms with Gasteiger partial charge in [-0.1, -0.05) is 6.07 Å². The molecular formula is C25H23FN4O2S. The van der Waals surface area contributed by atoms with Crippen LogP contribution in [0.1, 0.15) is 4.88 Å². The largest absolute Gasteiger partial charge is 0.369 e. The normalized spacial score (nSPS) is 17.3. The minimum absolute atomic E-state index is 0.221. The smallest absolute Gasteiger partial charge is 0.282 e. The van der Waals surface area contributed by atoms with Crippen LogP contribution in [0.2, 0.25) is 0 Å². The number of hydrogen-bond donors (Lipinski definition) is 1. The molecule has 0 saturated carbocycles. The van der Waals surface area contributed by atoms with Gasteiger partial charge in [-0.25, -0.2) is 9.29 Å². The molecule has 0 atom stereocenters. The van der Waals surface area contributed by atoms with Crippen molar-refractivity contribution in [3.63, 3.8) is 0 Å². The summed E-state index contributed by atoms with van der Waals surface area (Å²) in [6, 6.07) is 16.9. The van der Waals surface area contributed by atoms with Crippen LogP contribution in [-0.4, -0.2) is 49.9 Å². The number of benzene rings is 2. The Hall–Kier alpha value is -3.49. The number of thiophene rings is 1. The third-order valence-corrected chi connectivity index (χ3v) is 6.83. The van der Waals surface area contributed by atoms with Gasteiger partial charge in [-0.15, -0.1) is 11.3 Å². The Kier molecular flexibility index (Phi) is 5.70. The molecule has 5 rings (SSSR count). The zero-order valence-corrected chi connectivity index (χ0v) is 18.9. The van der Waals surface area contributed by atoms with Crippen molar-refractivity contribution in [1.29, 1.82) is 0 Å². The van der Waals surface area contributed by atoms with Gasteiger partial charge in [0.1, 0.15) is 11.5 Å². The van der Waals surface area contributed by atoms with E-state index in [9.17, 15) is 14.0 Å². The third-order valence-electron chi connectivity index (χ3n) is 5.94. The number of nitrogens with one attached hydrogen (secondary N) is 1. The van der Waals surface area contributed by atoms with Gasteiger partial charge in [0.15, 0.2) is 0 Å². The summed E-state index contributed by atoms with van der Waals surface area (Å²) in [4.78, 5) is 33.1. The summed E-state index contributed by atoms with van der Waals surface area (Å²) in [6.45, 7) is 3.98. The Morgan fingerprint density at radius 2 is 1.52 bits per heavy atom. The summed E-state index contributed by atoms with van der Waals surface area (Å²) in [5.41, 5.74) is 2.73. The Bertz CT molecular complexity index is 1200. The van der Waals surface area contributed by atoms with Crippen LogP contribution < -0.4 is 15.1 Å². The lowest BCUT2D eigenvalue weighted by Crippen LogP contribution is -2.44. The topological polar surface area (TPSA) is 55.9 Å². The number of anilines is 3. The van der Waals surface area contributed by atoms with Crippen LogP contribution in [0.25, 0.3) is 5.57 Å². The van der Waals surface area contributed by atoms with Gasteiger partial charge < -0.3 is 15.1 Å². The van der Waals surface area contributed by atoms with E-state index in [4.69, 9.17) is 0 Å². The van der Waals surface area contributed by atoms with Crippen molar-refractivity contribution < 1.29 is 14.0 Å². The molecule has 0 bridgehead atoms. The first-order valence-corrected chi connectivity index (χ1v) is 11.6. The molecule has 2 amide bonds. The fraction of sp³-hybridized carbons (Fsp3) is 0.200. The Morgan fingerprint density at radius 1 is 0.848 bits per heavy atom. The first-order chi connectivity index (χ1) is 16.0. The summed E-state index contributed by atoms with van der Waals surface area (Å²) >= 11 is 1.39. The average Bonchev–Trinajstić information content (AvgIpc) is 3.43. The van der Waals surface area contributed by atoms with Gasteiger partial charge in [0.25, 0.3) is 11.8 Å². The predicted molar refractivity (Wildman–Crippen MR) is 130 cm³/mol. The van der Waals surface area contributed by atoms with Crippen molar-refractivity contribution in [2.24, 2.45) is 0 Å². The zero-order chi connectivity index (χ0) is 22.9. The quantitative estimate of drug-likeness (QED) is 0.580. The van der Waals surface area contributed by atoms with Crippen molar-refractivity contribution in [1.82, 2.24) is 4.90 Å². The van der Waals surface area contributed by atoms with Gasteiger partial charge in [0.05, 0.1) is 11.3 Å². The van der Waals surface area contributed by atoms with Gasteiger partial charge in [0, 0.05) is 42.4 Å². The highest BCUT2D eigenvalue weighted by atomic mass is 32.1. The summed E-state index contributed by atoms with van der Waals surface area (Å²) in [5, 5.41) is 5.05. The molecule has 3 aromatic rings. The molecule has 1 aromatic heterocycles. The Labute approximate surface area is 195 Å². The number of piperazine rings is 1. The van der Waals surface area contributed by atoms with Crippen molar-refractivity contribution in [3.8, 4) is 0 Å². The van der Waals surface area contributed by atoms with Gasteiger partial charge in [-0.05, 0) is 67.0 Å². The van der Waals surface area contributed by atoms with E-state index in [0.29, 0.717) is 16.1 Å². The molecule has 168 valence electrons. The second kappa shape index (κ2) is 8.80. The van der Waals surface area contributed by atoms with Crippen LogP contribution >= 0.6 is 11.3 Å². The molecule has 0 aliphatic carbocycles. The summed E-state index contributed by atoms with van der Waals surface area (Å²) in [6.07, 6.45) is 0. The number of nitrogens with zero attached hydrogens (tertiary/aromatic N) is 3. The molecule has 0 radical (unpaired) electrons. The number of amides is 2. The number of rotatable bonds is 5. The standard InChI is InChI=1S/C25H23FN4O2S/c1-28-12-14-29(15-13-28)19-10-6-18(7-11-19)27-23-22(21-3-2-16-33-21)24(31)30(25(23)32)20-8-4-17(26)5-9-20/h2-11,16,27H,12-15H2,1H3. The van der Waals surface area contributed by atoms with Gasteiger partial charge >= 0.3 is 0 Å². The lowest BCUT2D eigenvalue weighted by Gasteiger charge is -2.34. The zero-order valence-electron chi connectivity index (χ0n) is 18.1. The molecule has 2 aromatic carbocycles. The lowest BCUT2D eigenvalue weighted by molar-refractivity contribution is -0.120. The van der Waals surface area contributed by atoms with Crippen molar-refractivity contribution in [2.75, 3.05) is 48.3 Å². The van der Waals surface area contributed by atoms with E-state index < -0.39 is 17.6 Å². The molecule has 33 heavy (non-hydrogen) atoms. The van der Waals surface area contributed by atoms with Crippen LogP contribution in [0, 0.1) is 5.82 Å². The summed E-state index contributed by atoms with van der Waals surface area (Å²) < 4.78 is 13.4. The molecule has 2 aliphatic heterocycles. The predicted octanol–water partition coefficient (Wildman–Crippen LogP) is 4.04. The van der Waals surface area contributed by atoms with Crippen molar-refractivity contribution in [3.05, 3.63) is 82.4 Å². The Balaban J connectivity index is 1.44. The van der Waals surface area contributed by atoms with E-state index in [1.54, 1.807) is 0 Å².